The lowest BCUT2D eigenvalue weighted by atomic mass is 10.0. The van der Waals surface area contributed by atoms with Gasteiger partial charge in [0.25, 0.3) is 5.91 Å². The molecule has 1 heterocycles. The average molecular weight is 474 g/mol. The van der Waals surface area contributed by atoms with Crippen LogP contribution in [0.15, 0.2) is 72.8 Å². The Kier molecular flexibility index (Phi) is 8.27. The van der Waals surface area contributed by atoms with Crippen molar-refractivity contribution < 1.29 is 14.3 Å². The molecule has 0 saturated carbocycles. The van der Waals surface area contributed by atoms with Gasteiger partial charge in [0.15, 0.2) is 11.5 Å². The van der Waals surface area contributed by atoms with E-state index < -0.39 is 0 Å². The van der Waals surface area contributed by atoms with E-state index in [1.54, 1.807) is 14.2 Å². The number of piperidine rings is 1. The van der Waals surface area contributed by atoms with E-state index in [2.05, 4.69) is 33.7 Å². The molecule has 0 aliphatic carbocycles. The van der Waals surface area contributed by atoms with Crippen molar-refractivity contribution in [3.63, 3.8) is 0 Å². The highest BCUT2D eigenvalue weighted by Gasteiger charge is 2.20. The van der Waals surface area contributed by atoms with Gasteiger partial charge in [0.1, 0.15) is 0 Å². The highest BCUT2D eigenvalue weighted by Crippen LogP contribution is 2.31. The average Bonchev–Trinajstić information content (AvgIpc) is 2.92. The quantitative estimate of drug-likeness (QED) is 0.460. The summed E-state index contributed by atoms with van der Waals surface area (Å²) in [5.41, 5.74) is 4.04. The number of para-hydroxylation sites is 1. The van der Waals surface area contributed by atoms with Crippen LogP contribution in [0, 0.1) is 0 Å². The zero-order valence-corrected chi connectivity index (χ0v) is 20.8. The van der Waals surface area contributed by atoms with Crippen LogP contribution >= 0.6 is 0 Å². The molecular formula is C29H35N3O3. The van der Waals surface area contributed by atoms with Gasteiger partial charge in [-0.1, -0.05) is 42.5 Å². The van der Waals surface area contributed by atoms with Crippen molar-refractivity contribution in [1.82, 2.24) is 10.6 Å². The maximum Gasteiger partial charge on any atom is 0.251 e. The zero-order valence-electron chi connectivity index (χ0n) is 20.8. The number of benzene rings is 3. The Morgan fingerprint density at radius 2 is 1.66 bits per heavy atom. The Morgan fingerprint density at radius 1 is 0.943 bits per heavy atom. The van der Waals surface area contributed by atoms with Gasteiger partial charge in [-0.3, -0.25) is 4.79 Å². The molecule has 4 rings (SSSR count). The Hall–Kier alpha value is -3.51. The third-order valence-electron chi connectivity index (χ3n) is 6.70. The summed E-state index contributed by atoms with van der Waals surface area (Å²) >= 11 is 0. The van der Waals surface area contributed by atoms with Crippen LogP contribution in [0.3, 0.4) is 0 Å². The highest BCUT2D eigenvalue weighted by atomic mass is 16.5. The minimum atomic E-state index is -0.0521. The summed E-state index contributed by atoms with van der Waals surface area (Å²) < 4.78 is 11.0. The van der Waals surface area contributed by atoms with Crippen LogP contribution in [0.2, 0.25) is 0 Å². The molecule has 3 aromatic carbocycles. The van der Waals surface area contributed by atoms with Crippen LogP contribution in [-0.2, 0) is 6.54 Å². The summed E-state index contributed by atoms with van der Waals surface area (Å²) in [6.45, 7) is 4.70. The zero-order chi connectivity index (χ0) is 24.6. The van der Waals surface area contributed by atoms with Gasteiger partial charge in [0.2, 0.25) is 0 Å². The lowest BCUT2D eigenvalue weighted by Crippen LogP contribution is -2.42. The van der Waals surface area contributed by atoms with Gasteiger partial charge in [-0.05, 0) is 55.7 Å². The van der Waals surface area contributed by atoms with Crippen molar-refractivity contribution in [3.05, 3.63) is 89.5 Å². The van der Waals surface area contributed by atoms with Crippen molar-refractivity contribution in [3.8, 4) is 11.5 Å². The number of ether oxygens (including phenoxy) is 2. The first kappa shape index (κ1) is 24.6. The lowest BCUT2D eigenvalue weighted by molar-refractivity contribution is 0.0940. The standard InChI is InChI=1S/C29H35N3O3/c1-21(22-8-5-4-6-9-22)31-29(33)23-12-14-26(15-13-23)32-18-16-25(17-19-32)30-20-24-10-7-11-27(34-2)28(24)35-3/h4-15,21,25,30H,16-20H2,1-3H3,(H,31,33)/t21-/m0/s1. The first-order valence-electron chi connectivity index (χ1n) is 12.2. The fraction of sp³-hybridized carbons (Fsp3) is 0.345. The molecular weight excluding hydrogens is 438 g/mol. The number of nitrogens with one attached hydrogen (secondary N) is 2. The van der Waals surface area contributed by atoms with Gasteiger partial charge < -0.3 is 25.0 Å². The largest absolute Gasteiger partial charge is 0.493 e. The van der Waals surface area contributed by atoms with Gasteiger partial charge >= 0.3 is 0 Å². The van der Waals surface area contributed by atoms with Gasteiger partial charge in [-0.15, -0.1) is 0 Å². The predicted molar refractivity (Wildman–Crippen MR) is 140 cm³/mol. The molecule has 35 heavy (non-hydrogen) atoms. The summed E-state index contributed by atoms with van der Waals surface area (Å²) in [5, 5.41) is 6.76. The maximum atomic E-state index is 12.7. The van der Waals surface area contributed by atoms with Gasteiger partial charge in [-0.2, -0.15) is 0 Å². The van der Waals surface area contributed by atoms with E-state index in [1.165, 1.54) is 0 Å². The van der Waals surface area contributed by atoms with E-state index in [-0.39, 0.29) is 11.9 Å². The molecule has 184 valence electrons. The summed E-state index contributed by atoms with van der Waals surface area (Å²) in [4.78, 5) is 15.1. The summed E-state index contributed by atoms with van der Waals surface area (Å²) in [6, 6.07) is 24.3. The first-order chi connectivity index (χ1) is 17.1. The maximum absolute atomic E-state index is 12.7. The van der Waals surface area contributed by atoms with E-state index in [1.807, 2.05) is 61.5 Å². The molecule has 2 N–H and O–H groups in total. The Balaban J connectivity index is 1.27. The molecule has 1 saturated heterocycles. The number of hydrogen-bond donors (Lipinski definition) is 2. The van der Waals surface area contributed by atoms with Crippen molar-refractivity contribution in [2.75, 3.05) is 32.2 Å². The molecule has 6 heteroatoms. The first-order valence-corrected chi connectivity index (χ1v) is 12.2. The summed E-state index contributed by atoms with van der Waals surface area (Å²) in [5.74, 6) is 1.50. The number of rotatable bonds is 9. The number of carbonyl (C=O) groups excluding carboxylic acids is 1. The molecule has 1 aliphatic heterocycles. The molecule has 1 aliphatic rings. The summed E-state index contributed by atoms with van der Waals surface area (Å²) in [6.07, 6.45) is 2.12. The third kappa shape index (κ3) is 6.14. The highest BCUT2D eigenvalue weighted by molar-refractivity contribution is 5.94. The molecule has 1 amide bonds. The minimum Gasteiger partial charge on any atom is -0.493 e. The van der Waals surface area contributed by atoms with Crippen LogP contribution in [0.4, 0.5) is 5.69 Å². The minimum absolute atomic E-state index is 0.0353. The molecule has 0 bridgehead atoms. The Labute approximate surface area is 208 Å². The molecule has 0 spiro atoms. The smallest absolute Gasteiger partial charge is 0.251 e. The Bertz CT molecular complexity index is 1090. The molecule has 0 unspecified atom stereocenters. The number of carbonyl (C=O) groups is 1. The van der Waals surface area contributed by atoms with Crippen molar-refractivity contribution >= 4 is 11.6 Å². The van der Waals surface area contributed by atoms with Crippen molar-refractivity contribution in [1.29, 1.82) is 0 Å². The number of amides is 1. The molecule has 1 atom stereocenters. The third-order valence-corrected chi connectivity index (χ3v) is 6.70. The molecule has 3 aromatic rings. The number of methoxy groups -OCH3 is 2. The van der Waals surface area contributed by atoms with Crippen LogP contribution in [0.25, 0.3) is 0 Å². The van der Waals surface area contributed by atoms with Gasteiger partial charge in [0.05, 0.1) is 20.3 Å². The second-order valence-corrected chi connectivity index (χ2v) is 8.95. The van der Waals surface area contributed by atoms with E-state index >= 15 is 0 Å². The number of hydrogen-bond acceptors (Lipinski definition) is 5. The number of anilines is 1. The summed E-state index contributed by atoms with van der Waals surface area (Å²) in [7, 11) is 3.34. The fourth-order valence-electron chi connectivity index (χ4n) is 4.62. The Morgan fingerprint density at radius 3 is 2.31 bits per heavy atom. The van der Waals surface area contributed by atoms with Crippen LogP contribution < -0.4 is 25.0 Å². The molecule has 0 aromatic heterocycles. The van der Waals surface area contributed by atoms with Gasteiger partial charge in [0, 0.05) is 42.5 Å². The fourth-order valence-corrected chi connectivity index (χ4v) is 4.62. The van der Waals surface area contributed by atoms with Crippen LogP contribution in [0.1, 0.15) is 47.3 Å². The second kappa shape index (κ2) is 11.8. The normalized spacial score (nSPS) is 14.9. The van der Waals surface area contributed by atoms with E-state index in [0.717, 1.165) is 60.8 Å². The second-order valence-electron chi connectivity index (χ2n) is 8.95. The monoisotopic (exact) mass is 473 g/mol. The van der Waals surface area contributed by atoms with Gasteiger partial charge in [-0.25, -0.2) is 0 Å². The number of nitrogens with zero attached hydrogens (tertiary/aromatic N) is 1. The molecule has 0 radical (unpaired) electrons. The van der Waals surface area contributed by atoms with E-state index in [9.17, 15) is 4.79 Å². The van der Waals surface area contributed by atoms with E-state index in [0.29, 0.717) is 11.6 Å². The lowest BCUT2D eigenvalue weighted by Gasteiger charge is -2.34. The van der Waals surface area contributed by atoms with Crippen LogP contribution in [-0.4, -0.2) is 39.3 Å². The van der Waals surface area contributed by atoms with Crippen molar-refractivity contribution in [2.24, 2.45) is 0 Å². The van der Waals surface area contributed by atoms with Crippen LogP contribution in [0.5, 0.6) is 11.5 Å². The SMILES string of the molecule is COc1cccc(CNC2CCN(c3ccc(C(=O)N[C@@H](C)c4ccccc4)cc3)CC2)c1OC. The predicted octanol–water partition coefficient (Wildman–Crippen LogP) is 4.95. The van der Waals surface area contributed by atoms with Crippen molar-refractivity contribution in [2.45, 2.75) is 38.4 Å². The molecule has 6 nitrogen and oxygen atoms in total. The molecule has 1 fully saturated rings. The topological polar surface area (TPSA) is 62.8 Å². The van der Waals surface area contributed by atoms with E-state index in [4.69, 9.17) is 9.47 Å².